The number of hydrogen-bond acceptors (Lipinski definition) is 8. The van der Waals surface area contributed by atoms with E-state index in [0.29, 0.717) is 54.0 Å². The van der Waals surface area contributed by atoms with Gasteiger partial charge in [-0.1, -0.05) is 31.7 Å². The van der Waals surface area contributed by atoms with Crippen LogP contribution in [-0.2, 0) is 4.74 Å². The van der Waals surface area contributed by atoms with Gasteiger partial charge in [-0.25, -0.2) is 9.59 Å². The van der Waals surface area contributed by atoms with Crippen LogP contribution in [0.1, 0.15) is 100 Å². The normalized spacial score (nSPS) is 25.6. The van der Waals surface area contributed by atoms with Gasteiger partial charge in [0.25, 0.3) is 11.8 Å². The van der Waals surface area contributed by atoms with E-state index >= 15 is 0 Å². The number of amides is 2. The lowest BCUT2D eigenvalue weighted by Crippen LogP contribution is -2.42. The minimum absolute atomic E-state index is 0. The first-order valence-corrected chi connectivity index (χ1v) is 12.7. The average molecular weight is 525 g/mol. The molecule has 2 aliphatic heterocycles. The molecule has 2 saturated carbocycles. The predicted octanol–water partition coefficient (Wildman–Crippen LogP) is 3.47. The molecule has 0 saturated heterocycles. The first-order valence-electron chi connectivity index (χ1n) is 12.7. The molecule has 4 N–H and O–H groups in total. The fourth-order valence-electron chi connectivity index (χ4n) is 4.99. The monoisotopic (exact) mass is 524 g/mol. The molecule has 38 heavy (non-hydrogen) atoms. The maximum atomic E-state index is 12.2. The summed E-state index contributed by atoms with van der Waals surface area (Å²) in [5, 5.41) is 18.5. The van der Waals surface area contributed by atoms with Gasteiger partial charge in [-0.05, 0) is 75.6 Å². The van der Waals surface area contributed by atoms with E-state index < -0.39 is 11.9 Å². The third-order valence-corrected chi connectivity index (χ3v) is 7.15. The molecule has 2 aromatic carbocycles. The minimum Gasteiger partial charge on any atom is -0.393 e. The fraction of sp³-hybridized carbons (Fsp3) is 0.448. The third-order valence-electron chi connectivity index (χ3n) is 7.15. The molecule has 204 valence electrons. The Hall–Kier alpha value is -3.40. The van der Waals surface area contributed by atoms with Crippen molar-refractivity contribution in [1.29, 1.82) is 0 Å². The van der Waals surface area contributed by atoms with E-state index in [2.05, 4.69) is 4.74 Å². The van der Waals surface area contributed by atoms with Gasteiger partial charge in [0.15, 0.2) is 0 Å². The molecule has 0 atom stereocenters. The molecular weight excluding hydrogens is 488 g/mol. The highest BCUT2D eigenvalue weighted by Gasteiger charge is 2.40. The summed E-state index contributed by atoms with van der Waals surface area (Å²) < 4.78 is 4.35. The summed E-state index contributed by atoms with van der Waals surface area (Å²) >= 11 is 0. The lowest BCUT2D eigenvalue weighted by atomic mass is 9.92. The van der Waals surface area contributed by atoms with Gasteiger partial charge in [0, 0.05) is 12.1 Å². The van der Waals surface area contributed by atoms with Crippen LogP contribution in [0.4, 0.5) is 0 Å². The van der Waals surface area contributed by atoms with Gasteiger partial charge >= 0.3 is 11.9 Å². The van der Waals surface area contributed by atoms with Gasteiger partial charge in [0.05, 0.1) is 34.5 Å². The zero-order chi connectivity index (χ0) is 26.5. The Labute approximate surface area is 222 Å². The van der Waals surface area contributed by atoms with Crippen LogP contribution in [0.5, 0.6) is 0 Å². The largest absolute Gasteiger partial charge is 0.393 e. The Morgan fingerprint density at radius 2 is 1.00 bits per heavy atom. The van der Waals surface area contributed by atoms with Crippen molar-refractivity contribution in [2.45, 2.75) is 83.1 Å². The molecule has 6 rings (SSSR count). The second-order valence-electron chi connectivity index (χ2n) is 9.78. The van der Waals surface area contributed by atoms with E-state index in [4.69, 9.17) is 10.8 Å². The quantitative estimate of drug-likeness (QED) is 0.292. The Bertz CT molecular complexity index is 1090. The molecule has 9 nitrogen and oxygen atoms in total. The molecule has 2 heterocycles. The molecule has 2 aromatic rings. The predicted molar refractivity (Wildman–Crippen MR) is 141 cm³/mol. The second kappa shape index (κ2) is 12.9. The number of carbonyl (C=O) groups excluding carboxylic acids is 4. The summed E-state index contributed by atoms with van der Waals surface area (Å²) in [5.74, 6) is -1.47. The number of benzene rings is 2. The Balaban J connectivity index is 0.000000171. The number of nitrogens with two attached hydrogens (primary N) is 1. The molecule has 0 aromatic heterocycles. The first-order chi connectivity index (χ1) is 17.8. The molecule has 0 spiro atoms. The molecule has 9 heteroatoms. The summed E-state index contributed by atoms with van der Waals surface area (Å²) in [7, 11) is 0. The zero-order valence-corrected chi connectivity index (χ0v) is 20.5. The first kappa shape index (κ1) is 29.2. The number of ether oxygens (including phenoxy) is 1. The Morgan fingerprint density at radius 1 is 0.632 bits per heavy atom. The highest BCUT2D eigenvalue weighted by Crippen LogP contribution is 2.31. The number of esters is 2. The Kier molecular flexibility index (Phi) is 9.90. The van der Waals surface area contributed by atoms with E-state index in [1.807, 2.05) is 0 Å². The van der Waals surface area contributed by atoms with Gasteiger partial charge in [0.2, 0.25) is 0 Å². The number of imide groups is 1. The Morgan fingerprint density at radius 3 is 1.39 bits per heavy atom. The molecule has 2 amide bonds. The van der Waals surface area contributed by atoms with Crippen LogP contribution in [0.3, 0.4) is 0 Å². The second-order valence-corrected chi connectivity index (χ2v) is 9.78. The van der Waals surface area contributed by atoms with E-state index in [1.165, 1.54) is 4.90 Å². The van der Waals surface area contributed by atoms with Crippen molar-refractivity contribution < 1.29 is 34.1 Å². The maximum Gasteiger partial charge on any atom is 0.346 e. The van der Waals surface area contributed by atoms with Crippen molar-refractivity contribution in [2.75, 3.05) is 0 Å². The highest BCUT2D eigenvalue weighted by atomic mass is 16.6. The van der Waals surface area contributed by atoms with E-state index in [1.54, 1.807) is 48.5 Å². The third kappa shape index (κ3) is 6.53. The highest BCUT2D eigenvalue weighted by molar-refractivity contribution is 6.21. The van der Waals surface area contributed by atoms with Crippen LogP contribution >= 0.6 is 0 Å². The van der Waals surface area contributed by atoms with Crippen molar-refractivity contribution in [2.24, 2.45) is 5.73 Å². The topological polar surface area (TPSA) is 147 Å². The molecule has 2 fully saturated rings. The van der Waals surface area contributed by atoms with Crippen molar-refractivity contribution in [3.05, 3.63) is 70.8 Å². The van der Waals surface area contributed by atoms with Crippen LogP contribution in [-0.4, -0.2) is 63.2 Å². The average Bonchev–Trinajstić information content (AvgIpc) is 3.34. The van der Waals surface area contributed by atoms with Crippen LogP contribution in [0.15, 0.2) is 48.5 Å². The van der Waals surface area contributed by atoms with Crippen LogP contribution in [0.2, 0.25) is 0 Å². The van der Waals surface area contributed by atoms with Crippen molar-refractivity contribution in [3.8, 4) is 0 Å². The summed E-state index contributed by atoms with van der Waals surface area (Å²) in [5.41, 5.74) is 7.32. The lowest BCUT2D eigenvalue weighted by Gasteiger charge is -2.31. The van der Waals surface area contributed by atoms with E-state index in [9.17, 15) is 24.3 Å². The number of aliphatic hydroxyl groups excluding tert-OH is 2. The number of fused-ring (bicyclic) bond motifs is 2. The number of hydrogen-bond donors (Lipinski definition) is 3. The molecule has 0 radical (unpaired) electrons. The molecule has 0 unspecified atom stereocenters. The van der Waals surface area contributed by atoms with Gasteiger partial charge in [-0.2, -0.15) is 0 Å². The lowest BCUT2D eigenvalue weighted by molar-refractivity contribution is 0.0433. The molecule has 0 bridgehead atoms. The maximum absolute atomic E-state index is 12.2. The van der Waals surface area contributed by atoms with Crippen LogP contribution < -0.4 is 5.73 Å². The molecular formula is C29H36N2O7. The van der Waals surface area contributed by atoms with Gasteiger partial charge < -0.3 is 20.7 Å². The number of carbonyl (C=O) groups is 4. The van der Waals surface area contributed by atoms with E-state index in [0.717, 1.165) is 25.7 Å². The smallest absolute Gasteiger partial charge is 0.346 e. The summed E-state index contributed by atoms with van der Waals surface area (Å²) in [6.07, 6.45) is 6.20. The zero-order valence-electron chi connectivity index (χ0n) is 20.5. The molecule has 4 aliphatic rings. The SMILES string of the molecule is C.NC1CCC(O)CC1.O=C1OC(=O)c2ccccc21.O=C1c2ccccc2C(=O)N1C1CCC(O)CC1. The fourth-order valence-corrected chi connectivity index (χ4v) is 4.99. The van der Waals surface area contributed by atoms with E-state index in [-0.39, 0.29) is 37.5 Å². The van der Waals surface area contributed by atoms with Gasteiger partial charge in [-0.3, -0.25) is 14.5 Å². The number of rotatable bonds is 1. The van der Waals surface area contributed by atoms with Gasteiger partial charge in [0.1, 0.15) is 0 Å². The summed E-state index contributed by atoms with van der Waals surface area (Å²) in [6, 6.07) is 13.8. The van der Waals surface area contributed by atoms with Crippen molar-refractivity contribution in [1.82, 2.24) is 4.90 Å². The number of cyclic esters (lactones) is 2. The van der Waals surface area contributed by atoms with Crippen LogP contribution in [0, 0.1) is 0 Å². The van der Waals surface area contributed by atoms with Gasteiger partial charge in [-0.15, -0.1) is 0 Å². The molecule has 2 aliphatic carbocycles. The standard InChI is InChI=1S/C14H15NO3.C8H4O3.C6H13NO.CH4/c16-10-7-5-9(6-8-10)15-13(17)11-3-1-2-4-12(11)14(15)18;9-7-5-3-1-2-4-6(5)8(10)11-7;7-5-1-3-6(8)4-2-5;/h1-4,9-10,16H,5-8H2;1-4H;5-6,8H,1-4,7H2;1H4. The number of aliphatic hydroxyl groups is 2. The summed E-state index contributed by atoms with van der Waals surface area (Å²) in [4.78, 5) is 47.5. The van der Waals surface area contributed by atoms with Crippen molar-refractivity contribution >= 4 is 23.8 Å². The summed E-state index contributed by atoms with van der Waals surface area (Å²) in [6.45, 7) is 0. The van der Waals surface area contributed by atoms with Crippen LogP contribution in [0.25, 0.3) is 0 Å². The number of nitrogens with zero attached hydrogens (tertiary/aromatic N) is 1. The van der Waals surface area contributed by atoms with Crippen molar-refractivity contribution in [3.63, 3.8) is 0 Å². The minimum atomic E-state index is -0.550.